The van der Waals surface area contributed by atoms with Crippen LogP contribution in [-0.4, -0.2) is 47.8 Å². The standard InChI is InChI=1S/C37H41N3O4S/c1-36(2,3)44-33(41)25-39-35(43)32(24-27-16-8-4-9-17-27)40-34(42)31(38)26-45-37(28-18-10-5-11-19-28,29-20-12-6-13-21-29)30-22-14-7-15-23-30/h4-23,31-32H,24-26,38H2,1-3H3,(H,39,43)(H,40,42). The summed E-state index contributed by atoms with van der Waals surface area (Å²) in [6.07, 6.45) is 0.231. The van der Waals surface area contributed by atoms with Crippen molar-refractivity contribution in [2.45, 2.75) is 49.6 Å². The van der Waals surface area contributed by atoms with E-state index in [9.17, 15) is 14.4 Å². The summed E-state index contributed by atoms with van der Waals surface area (Å²) in [7, 11) is 0. The highest BCUT2D eigenvalue weighted by Crippen LogP contribution is 2.48. The van der Waals surface area contributed by atoms with Crippen LogP contribution < -0.4 is 16.4 Å². The van der Waals surface area contributed by atoms with Crippen LogP contribution in [0, 0.1) is 0 Å². The molecule has 8 heteroatoms. The summed E-state index contributed by atoms with van der Waals surface area (Å²) < 4.78 is 4.67. The Morgan fingerprint density at radius 1 is 0.711 bits per heavy atom. The average molecular weight is 624 g/mol. The highest BCUT2D eigenvalue weighted by atomic mass is 32.2. The van der Waals surface area contributed by atoms with Gasteiger partial charge < -0.3 is 21.1 Å². The molecule has 0 bridgehead atoms. The summed E-state index contributed by atoms with van der Waals surface area (Å²) in [6.45, 7) is 4.96. The van der Waals surface area contributed by atoms with Crippen molar-refractivity contribution in [2.24, 2.45) is 5.73 Å². The Morgan fingerprint density at radius 3 is 1.60 bits per heavy atom. The number of hydrogen-bond acceptors (Lipinski definition) is 6. The van der Waals surface area contributed by atoms with Crippen LogP contribution in [0.25, 0.3) is 0 Å². The molecule has 0 saturated carbocycles. The van der Waals surface area contributed by atoms with E-state index in [1.165, 1.54) is 0 Å². The van der Waals surface area contributed by atoms with Gasteiger partial charge >= 0.3 is 5.97 Å². The highest BCUT2D eigenvalue weighted by molar-refractivity contribution is 8.00. The van der Waals surface area contributed by atoms with E-state index in [-0.39, 0.29) is 18.7 Å². The van der Waals surface area contributed by atoms with E-state index in [1.54, 1.807) is 32.5 Å². The van der Waals surface area contributed by atoms with E-state index < -0.39 is 40.2 Å². The molecule has 0 aliphatic carbocycles. The Hall–Kier alpha value is -4.40. The highest BCUT2D eigenvalue weighted by Gasteiger charge is 2.38. The summed E-state index contributed by atoms with van der Waals surface area (Å²) in [5.41, 5.74) is 9.90. The molecule has 2 atom stereocenters. The van der Waals surface area contributed by atoms with Gasteiger partial charge in [-0.15, -0.1) is 11.8 Å². The average Bonchev–Trinajstić information content (AvgIpc) is 3.04. The van der Waals surface area contributed by atoms with E-state index in [0.29, 0.717) is 0 Å². The van der Waals surface area contributed by atoms with E-state index in [0.717, 1.165) is 22.3 Å². The Morgan fingerprint density at radius 2 is 1.16 bits per heavy atom. The number of rotatable bonds is 13. The zero-order valence-corrected chi connectivity index (χ0v) is 26.8. The van der Waals surface area contributed by atoms with Crippen molar-refractivity contribution in [1.29, 1.82) is 0 Å². The molecule has 4 rings (SSSR count). The van der Waals surface area contributed by atoms with Crippen molar-refractivity contribution < 1.29 is 19.1 Å². The fraction of sp³-hybridized carbons (Fsp3) is 0.270. The second-order valence-electron chi connectivity index (χ2n) is 11.8. The Balaban J connectivity index is 1.55. The van der Waals surface area contributed by atoms with Crippen molar-refractivity contribution in [2.75, 3.05) is 12.3 Å². The van der Waals surface area contributed by atoms with Crippen molar-refractivity contribution in [3.8, 4) is 0 Å². The predicted octanol–water partition coefficient (Wildman–Crippen LogP) is 5.22. The van der Waals surface area contributed by atoms with Crippen LogP contribution in [0.1, 0.15) is 43.0 Å². The topological polar surface area (TPSA) is 111 Å². The summed E-state index contributed by atoms with van der Waals surface area (Å²) in [5.74, 6) is -1.25. The minimum absolute atomic E-state index is 0.231. The maximum atomic E-state index is 13.6. The molecule has 2 amide bonds. The minimum Gasteiger partial charge on any atom is -0.459 e. The smallest absolute Gasteiger partial charge is 0.325 e. The molecular weight excluding hydrogens is 582 g/mol. The van der Waals surface area contributed by atoms with Gasteiger partial charge in [0.25, 0.3) is 0 Å². The molecule has 7 nitrogen and oxygen atoms in total. The summed E-state index contributed by atoms with van der Waals surface area (Å²) in [4.78, 5) is 39.1. The zero-order chi connectivity index (χ0) is 32.3. The van der Waals surface area contributed by atoms with Gasteiger partial charge in [-0.05, 0) is 43.0 Å². The van der Waals surface area contributed by atoms with E-state index in [4.69, 9.17) is 10.5 Å². The molecule has 0 fully saturated rings. The molecule has 0 aliphatic heterocycles. The van der Waals surface area contributed by atoms with Gasteiger partial charge in [-0.25, -0.2) is 0 Å². The lowest BCUT2D eigenvalue weighted by molar-refractivity contribution is -0.154. The van der Waals surface area contributed by atoms with Crippen LogP contribution in [0.2, 0.25) is 0 Å². The monoisotopic (exact) mass is 623 g/mol. The Bertz CT molecular complexity index is 1430. The van der Waals surface area contributed by atoms with E-state index >= 15 is 0 Å². The van der Waals surface area contributed by atoms with Crippen molar-refractivity contribution in [1.82, 2.24) is 10.6 Å². The first kappa shape index (κ1) is 33.5. The lowest BCUT2D eigenvalue weighted by atomic mass is 9.84. The van der Waals surface area contributed by atoms with Gasteiger partial charge in [0, 0.05) is 12.2 Å². The number of esters is 1. The van der Waals surface area contributed by atoms with E-state index in [2.05, 4.69) is 47.0 Å². The molecular formula is C37H41N3O4S. The van der Waals surface area contributed by atoms with Crippen molar-refractivity contribution in [3.63, 3.8) is 0 Å². The first-order chi connectivity index (χ1) is 21.6. The number of hydrogen-bond donors (Lipinski definition) is 3. The van der Waals surface area contributed by atoms with Crippen molar-refractivity contribution >= 4 is 29.5 Å². The predicted molar refractivity (Wildman–Crippen MR) is 181 cm³/mol. The maximum Gasteiger partial charge on any atom is 0.325 e. The molecule has 0 radical (unpaired) electrons. The van der Waals surface area contributed by atoms with Gasteiger partial charge in [0.2, 0.25) is 11.8 Å². The third-order valence-corrected chi connectivity index (χ3v) is 8.77. The minimum atomic E-state index is -0.944. The summed E-state index contributed by atoms with van der Waals surface area (Å²) in [6, 6.07) is 38.0. The van der Waals surface area contributed by atoms with Crippen LogP contribution >= 0.6 is 11.8 Å². The van der Waals surface area contributed by atoms with Gasteiger partial charge in [-0.2, -0.15) is 0 Å². The molecule has 45 heavy (non-hydrogen) atoms. The number of thioether (sulfide) groups is 1. The second kappa shape index (κ2) is 15.5. The molecule has 0 aromatic heterocycles. The van der Waals surface area contributed by atoms with E-state index in [1.807, 2.05) is 84.9 Å². The third kappa shape index (κ3) is 9.30. The molecule has 0 saturated heterocycles. The Kier molecular flexibility index (Phi) is 11.6. The maximum absolute atomic E-state index is 13.6. The summed E-state index contributed by atoms with van der Waals surface area (Å²) in [5, 5.41) is 5.47. The SMILES string of the molecule is CC(C)(C)OC(=O)CNC(=O)C(Cc1ccccc1)NC(=O)C(N)CSC(c1ccccc1)(c1ccccc1)c1ccccc1. The van der Waals surface area contributed by atoms with Crippen LogP contribution in [0.4, 0.5) is 0 Å². The van der Waals surface area contributed by atoms with Crippen LogP contribution in [0.15, 0.2) is 121 Å². The van der Waals surface area contributed by atoms with Crippen LogP contribution in [-0.2, 0) is 30.3 Å². The fourth-order valence-corrected chi connectivity index (χ4v) is 6.55. The number of amides is 2. The number of carbonyl (C=O) groups excluding carboxylic acids is 3. The molecule has 0 spiro atoms. The molecule has 4 N–H and O–H groups in total. The van der Waals surface area contributed by atoms with Crippen molar-refractivity contribution in [3.05, 3.63) is 144 Å². The molecule has 234 valence electrons. The second-order valence-corrected chi connectivity index (χ2v) is 13.0. The van der Waals surface area contributed by atoms with Gasteiger partial charge in [0.05, 0.1) is 10.8 Å². The number of ether oxygens (including phenoxy) is 1. The van der Waals surface area contributed by atoms with Gasteiger partial charge in [-0.3, -0.25) is 14.4 Å². The number of nitrogens with one attached hydrogen (secondary N) is 2. The fourth-order valence-electron chi connectivity index (χ4n) is 5.06. The molecule has 2 unspecified atom stereocenters. The quantitative estimate of drug-likeness (QED) is 0.139. The number of carbonyl (C=O) groups is 3. The lowest BCUT2D eigenvalue weighted by Crippen LogP contribution is -2.54. The molecule has 0 aliphatic rings. The van der Waals surface area contributed by atoms with Gasteiger partial charge in [0.1, 0.15) is 18.2 Å². The largest absolute Gasteiger partial charge is 0.459 e. The van der Waals surface area contributed by atoms with Crippen LogP contribution in [0.3, 0.4) is 0 Å². The van der Waals surface area contributed by atoms with Gasteiger partial charge in [-0.1, -0.05) is 121 Å². The molecule has 4 aromatic carbocycles. The Labute approximate surface area is 270 Å². The normalized spacial score (nSPS) is 12.9. The molecule has 0 heterocycles. The first-order valence-electron chi connectivity index (χ1n) is 15.0. The number of nitrogens with two attached hydrogens (primary N) is 1. The zero-order valence-electron chi connectivity index (χ0n) is 25.9. The first-order valence-corrected chi connectivity index (χ1v) is 16.0. The lowest BCUT2D eigenvalue weighted by Gasteiger charge is -2.36. The van der Waals surface area contributed by atoms with Gasteiger partial charge in [0.15, 0.2) is 0 Å². The van der Waals surface area contributed by atoms with Crippen LogP contribution in [0.5, 0.6) is 0 Å². The third-order valence-electron chi connectivity index (χ3n) is 7.10. The molecule has 4 aromatic rings. The number of benzene rings is 4. The summed E-state index contributed by atoms with van der Waals surface area (Å²) >= 11 is 1.58.